The Morgan fingerprint density at radius 2 is 2.15 bits per heavy atom. The maximum Gasteiger partial charge on any atom is 0.144 e. The van der Waals surface area contributed by atoms with Crippen LogP contribution < -0.4 is 5.32 Å². The average molecular weight is 263 g/mol. The van der Waals surface area contributed by atoms with E-state index in [1.54, 1.807) is 6.20 Å². The van der Waals surface area contributed by atoms with Gasteiger partial charge in [-0.3, -0.25) is 4.68 Å². The van der Waals surface area contributed by atoms with Gasteiger partial charge in [0.15, 0.2) is 0 Å². The fourth-order valence-electron chi connectivity index (χ4n) is 2.06. The highest BCUT2D eigenvalue weighted by Crippen LogP contribution is 2.19. The Bertz CT molecular complexity index is 756. The van der Waals surface area contributed by atoms with Gasteiger partial charge in [0.05, 0.1) is 17.6 Å². The van der Waals surface area contributed by atoms with Gasteiger partial charge in [-0.25, -0.2) is 4.98 Å². The Morgan fingerprint density at radius 1 is 1.25 bits per heavy atom. The highest BCUT2D eigenvalue weighted by molar-refractivity contribution is 5.82. The summed E-state index contributed by atoms with van der Waals surface area (Å²) in [6.07, 6.45) is 3.65. The number of rotatable bonds is 4. The third-order valence-electron chi connectivity index (χ3n) is 3.04. The lowest BCUT2D eigenvalue weighted by Gasteiger charge is -2.08. The Morgan fingerprint density at radius 3 is 2.95 bits per heavy atom. The summed E-state index contributed by atoms with van der Waals surface area (Å²) in [5.74, 6) is 0.623. The number of aromatic nitrogens is 3. The Balaban J connectivity index is 1.81. The summed E-state index contributed by atoms with van der Waals surface area (Å²) >= 11 is 0. The molecular weight excluding hydrogens is 250 g/mol. The van der Waals surface area contributed by atoms with Gasteiger partial charge < -0.3 is 5.32 Å². The second kappa shape index (κ2) is 5.41. The molecule has 0 radical (unpaired) electrons. The first kappa shape index (κ1) is 12.2. The predicted molar refractivity (Wildman–Crippen MR) is 77.2 cm³/mol. The van der Waals surface area contributed by atoms with E-state index in [0.717, 1.165) is 17.4 Å². The molecule has 5 nitrogen and oxygen atoms in total. The van der Waals surface area contributed by atoms with Crippen molar-refractivity contribution in [2.45, 2.75) is 6.54 Å². The molecule has 0 saturated carbocycles. The Hall–Kier alpha value is -2.87. The van der Waals surface area contributed by atoms with E-state index < -0.39 is 0 Å². The molecule has 5 heteroatoms. The van der Waals surface area contributed by atoms with Crippen molar-refractivity contribution in [3.05, 3.63) is 54.4 Å². The lowest BCUT2D eigenvalue weighted by molar-refractivity contribution is 0.637. The fourth-order valence-corrected chi connectivity index (χ4v) is 2.06. The van der Waals surface area contributed by atoms with Crippen LogP contribution in [0.3, 0.4) is 0 Å². The molecule has 0 aliphatic rings. The van der Waals surface area contributed by atoms with Crippen molar-refractivity contribution < 1.29 is 0 Å². The summed E-state index contributed by atoms with van der Waals surface area (Å²) in [6, 6.07) is 13.7. The normalized spacial score (nSPS) is 10.3. The second-order valence-electron chi connectivity index (χ2n) is 4.38. The molecule has 0 amide bonds. The molecule has 0 bridgehead atoms. The van der Waals surface area contributed by atoms with Gasteiger partial charge in [0.2, 0.25) is 0 Å². The molecule has 98 valence electrons. The standard InChI is InChI=1S/C15H13N5/c16-11-13-10-12-4-1-2-5-14(12)19-15(13)17-7-9-20-8-3-6-18-20/h1-6,8,10H,7,9H2,(H,17,19). The van der Waals surface area contributed by atoms with Crippen LogP contribution in [0.2, 0.25) is 0 Å². The van der Waals surface area contributed by atoms with E-state index in [1.165, 1.54) is 0 Å². The van der Waals surface area contributed by atoms with E-state index in [9.17, 15) is 5.26 Å². The number of hydrogen-bond donors (Lipinski definition) is 1. The minimum absolute atomic E-state index is 0.559. The molecule has 3 rings (SSSR count). The van der Waals surface area contributed by atoms with Crippen molar-refractivity contribution in [3.63, 3.8) is 0 Å². The summed E-state index contributed by atoms with van der Waals surface area (Å²) in [7, 11) is 0. The molecule has 1 N–H and O–H groups in total. The van der Waals surface area contributed by atoms with Crippen LogP contribution >= 0.6 is 0 Å². The van der Waals surface area contributed by atoms with Crippen LogP contribution in [0, 0.1) is 11.3 Å². The molecule has 0 atom stereocenters. The van der Waals surface area contributed by atoms with Gasteiger partial charge in [-0.15, -0.1) is 0 Å². The first-order valence-electron chi connectivity index (χ1n) is 6.38. The van der Waals surface area contributed by atoms with Gasteiger partial charge in [-0.05, 0) is 18.2 Å². The summed E-state index contributed by atoms with van der Waals surface area (Å²) < 4.78 is 1.83. The highest BCUT2D eigenvalue weighted by atomic mass is 15.3. The van der Waals surface area contributed by atoms with E-state index in [-0.39, 0.29) is 0 Å². The number of benzene rings is 1. The number of nitrogens with zero attached hydrogens (tertiary/aromatic N) is 4. The number of nitrogens with one attached hydrogen (secondary N) is 1. The molecule has 0 spiro atoms. The molecule has 2 aromatic heterocycles. The number of fused-ring (bicyclic) bond motifs is 1. The van der Waals surface area contributed by atoms with E-state index in [2.05, 4.69) is 21.5 Å². The molecular formula is C15H13N5. The monoisotopic (exact) mass is 263 g/mol. The molecule has 2 heterocycles. The van der Waals surface area contributed by atoms with Crippen molar-refractivity contribution in [2.75, 3.05) is 11.9 Å². The van der Waals surface area contributed by atoms with Gasteiger partial charge in [0.25, 0.3) is 0 Å². The summed E-state index contributed by atoms with van der Waals surface area (Å²) in [4.78, 5) is 4.50. The first-order valence-corrected chi connectivity index (χ1v) is 6.38. The Kier molecular flexibility index (Phi) is 3.29. The lowest BCUT2D eigenvalue weighted by atomic mass is 10.1. The molecule has 0 unspecified atom stereocenters. The third-order valence-corrected chi connectivity index (χ3v) is 3.04. The summed E-state index contributed by atoms with van der Waals surface area (Å²) in [5, 5.41) is 17.5. The number of anilines is 1. The quantitative estimate of drug-likeness (QED) is 0.785. The zero-order valence-corrected chi connectivity index (χ0v) is 10.8. The molecule has 1 aromatic carbocycles. The van der Waals surface area contributed by atoms with Crippen LogP contribution in [-0.2, 0) is 6.54 Å². The first-order chi connectivity index (χ1) is 9.86. The maximum absolute atomic E-state index is 9.21. The maximum atomic E-state index is 9.21. The predicted octanol–water partition coefficient (Wildman–Crippen LogP) is 2.42. The number of pyridine rings is 1. The van der Waals surface area contributed by atoms with Gasteiger partial charge >= 0.3 is 0 Å². The number of hydrogen-bond acceptors (Lipinski definition) is 4. The minimum atomic E-state index is 0.559. The zero-order valence-electron chi connectivity index (χ0n) is 10.8. The van der Waals surface area contributed by atoms with Crippen LogP contribution in [0.4, 0.5) is 5.82 Å². The second-order valence-corrected chi connectivity index (χ2v) is 4.38. The van der Waals surface area contributed by atoms with E-state index >= 15 is 0 Å². The van der Waals surface area contributed by atoms with Crippen molar-refractivity contribution in [2.24, 2.45) is 0 Å². The van der Waals surface area contributed by atoms with Crippen LogP contribution in [0.15, 0.2) is 48.8 Å². The summed E-state index contributed by atoms with van der Waals surface area (Å²) in [5.41, 5.74) is 1.44. The van der Waals surface area contributed by atoms with Gasteiger partial charge in [0.1, 0.15) is 11.9 Å². The van der Waals surface area contributed by atoms with Crippen molar-refractivity contribution >= 4 is 16.7 Å². The minimum Gasteiger partial charge on any atom is -0.367 e. The van der Waals surface area contributed by atoms with E-state index in [4.69, 9.17) is 0 Å². The average Bonchev–Trinajstić information content (AvgIpc) is 3.00. The highest BCUT2D eigenvalue weighted by Gasteiger charge is 2.05. The molecule has 0 saturated heterocycles. The van der Waals surface area contributed by atoms with Crippen LogP contribution in [-0.4, -0.2) is 21.3 Å². The van der Waals surface area contributed by atoms with Crippen molar-refractivity contribution in [1.29, 1.82) is 5.26 Å². The van der Waals surface area contributed by atoms with Crippen molar-refractivity contribution in [1.82, 2.24) is 14.8 Å². The van der Waals surface area contributed by atoms with Crippen LogP contribution in [0.5, 0.6) is 0 Å². The van der Waals surface area contributed by atoms with Crippen molar-refractivity contribution in [3.8, 4) is 6.07 Å². The zero-order chi connectivity index (χ0) is 13.8. The molecule has 20 heavy (non-hydrogen) atoms. The van der Waals surface area contributed by atoms with E-state index in [1.807, 2.05) is 47.3 Å². The largest absolute Gasteiger partial charge is 0.367 e. The smallest absolute Gasteiger partial charge is 0.144 e. The fraction of sp³-hybridized carbons (Fsp3) is 0.133. The van der Waals surface area contributed by atoms with Crippen LogP contribution in [0.25, 0.3) is 10.9 Å². The summed E-state index contributed by atoms with van der Waals surface area (Å²) in [6.45, 7) is 1.40. The van der Waals surface area contributed by atoms with Crippen LogP contribution in [0.1, 0.15) is 5.56 Å². The third kappa shape index (κ3) is 2.45. The molecule has 0 fully saturated rings. The van der Waals surface area contributed by atoms with Gasteiger partial charge in [0, 0.05) is 24.3 Å². The SMILES string of the molecule is N#Cc1cc2ccccc2nc1NCCn1cccn1. The number of para-hydroxylation sites is 1. The van der Waals surface area contributed by atoms with Gasteiger partial charge in [-0.2, -0.15) is 10.4 Å². The Labute approximate surface area is 116 Å². The lowest BCUT2D eigenvalue weighted by Crippen LogP contribution is -2.12. The molecule has 3 aromatic rings. The topological polar surface area (TPSA) is 66.5 Å². The molecule has 0 aliphatic carbocycles. The van der Waals surface area contributed by atoms with E-state index in [0.29, 0.717) is 17.9 Å². The number of nitriles is 1. The molecule has 0 aliphatic heterocycles. The van der Waals surface area contributed by atoms with Gasteiger partial charge in [-0.1, -0.05) is 18.2 Å².